The second kappa shape index (κ2) is 10.3. The molecule has 0 N–H and O–H groups in total. The highest BCUT2D eigenvalue weighted by molar-refractivity contribution is 9.10. The van der Waals surface area contributed by atoms with Gasteiger partial charge < -0.3 is 23.9 Å². The first-order valence-electron chi connectivity index (χ1n) is 9.40. The fourth-order valence-electron chi connectivity index (χ4n) is 2.98. The average Bonchev–Trinajstić information content (AvgIpc) is 2.74. The third-order valence-electron chi connectivity index (χ3n) is 4.53. The van der Waals surface area contributed by atoms with Crippen LogP contribution in [-0.4, -0.2) is 16.9 Å². The number of ether oxygens (including phenoxy) is 2. The molecule has 6 nitrogen and oxygen atoms in total. The first-order valence-corrected chi connectivity index (χ1v) is 10.6. The van der Waals surface area contributed by atoms with Crippen molar-refractivity contribution in [1.82, 2.24) is 4.57 Å². The topological polar surface area (TPSA) is 80.6 Å². The Morgan fingerprint density at radius 2 is 1.76 bits per heavy atom. The number of halogens is 5. The van der Waals surface area contributed by atoms with Crippen molar-refractivity contribution in [2.45, 2.75) is 25.9 Å². The number of carboxylic acids is 1. The molecule has 0 unspecified atom stereocenters. The van der Waals surface area contributed by atoms with Crippen molar-refractivity contribution in [2.75, 3.05) is 0 Å². The van der Waals surface area contributed by atoms with Gasteiger partial charge in [-0.2, -0.15) is 0 Å². The Kier molecular flexibility index (Phi) is 7.70. The van der Waals surface area contributed by atoms with Crippen LogP contribution >= 0.6 is 27.5 Å². The molecule has 3 rings (SSSR count). The standard InChI is InChI=1S/C22H16BrClF3NO5/c23-17-11-18(24)20(29)28(9-8-13-4-6-14(7-5-13)21(30)31)19(17)12-32-15-2-1-3-16(10-15)33-22(25,26)27/h1-7,10-11H,8-9,12H2,(H,30,31)/p-1. The minimum atomic E-state index is -4.84. The van der Waals surface area contributed by atoms with Gasteiger partial charge in [0.1, 0.15) is 23.1 Å². The van der Waals surface area contributed by atoms with Crippen molar-refractivity contribution in [3.8, 4) is 11.5 Å². The lowest BCUT2D eigenvalue weighted by Gasteiger charge is -2.17. The molecule has 0 bridgehead atoms. The Morgan fingerprint density at radius 3 is 2.39 bits per heavy atom. The van der Waals surface area contributed by atoms with Crippen LogP contribution in [-0.2, 0) is 19.6 Å². The van der Waals surface area contributed by atoms with E-state index in [-0.39, 0.29) is 29.5 Å². The van der Waals surface area contributed by atoms with Crippen LogP contribution in [0.25, 0.3) is 0 Å². The summed E-state index contributed by atoms with van der Waals surface area (Å²) in [7, 11) is 0. The minimum absolute atomic E-state index is 0.0292. The minimum Gasteiger partial charge on any atom is -0.545 e. The number of aromatic carboxylic acids is 1. The highest BCUT2D eigenvalue weighted by Crippen LogP contribution is 2.27. The monoisotopic (exact) mass is 544 g/mol. The Bertz CT molecular complexity index is 1210. The first kappa shape index (κ1) is 24.7. The van der Waals surface area contributed by atoms with Crippen LogP contribution in [0.1, 0.15) is 21.6 Å². The summed E-state index contributed by atoms with van der Waals surface area (Å²) in [5.41, 5.74) is 0.746. The van der Waals surface area contributed by atoms with Gasteiger partial charge in [-0.25, -0.2) is 0 Å². The Balaban J connectivity index is 1.80. The molecule has 0 radical (unpaired) electrons. The number of hydrogen-bond donors (Lipinski definition) is 0. The molecule has 0 aliphatic carbocycles. The number of carbonyl (C=O) groups is 1. The highest BCUT2D eigenvalue weighted by atomic mass is 79.9. The van der Waals surface area contributed by atoms with Gasteiger partial charge in [0.15, 0.2) is 0 Å². The molecule has 0 saturated carbocycles. The van der Waals surface area contributed by atoms with E-state index in [1.54, 1.807) is 12.1 Å². The smallest absolute Gasteiger partial charge is 0.545 e. The van der Waals surface area contributed by atoms with Crippen molar-refractivity contribution >= 4 is 33.5 Å². The molecule has 174 valence electrons. The average molecular weight is 546 g/mol. The molecule has 0 atom stereocenters. The second-order valence-electron chi connectivity index (χ2n) is 6.79. The van der Waals surface area contributed by atoms with Crippen molar-refractivity contribution in [2.24, 2.45) is 0 Å². The zero-order valence-corrected chi connectivity index (χ0v) is 19.0. The van der Waals surface area contributed by atoms with Gasteiger partial charge in [-0.1, -0.05) is 41.9 Å². The second-order valence-corrected chi connectivity index (χ2v) is 8.05. The first-order chi connectivity index (χ1) is 15.5. The molecule has 0 saturated heterocycles. The van der Waals surface area contributed by atoms with Crippen LogP contribution in [0.4, 0.5) is 13.2 Å². The van der Waals surface area contributed by atoms with Gasteiger partial charge >= 0.3 is 6.36 Å². The molecule has 2 aromatic carbocycles. The summed E-state index contributed by atoms with van der Waals surface area (Å²) in [6.45, 7) is 0.0463. The molecule has 3 aromatic rings. The molecule has 1 heterocycles. The van der Waals surface area contributed by atoms with Crippen molar-refractivity contribution in [1.29, 1.82) is 0 Å². The largest absolute Gasteiger partial charge is 0.573 e. The Hall–Kier alpha value is -2.98. The van der Waals surface area contributed by atoms with E-state index in [0.29, 0.717) is 16.6 Å². The lowest BCUT2D eigenvalue weighted by molar-refractivity contribution is -0.274. The van der Waals surface area contributed by atoms with Gasteiger partial charge in [0, 0.05) is 17.1 Å². The van der Waals surface area contributed by atoms with Gasteiger partial charge in [0.25, 0.3) is 5.56 Å². The number of rotatable bonds is 8. The van der Waals surface area contributed by atoms with Crippen LogP contribution in [0.2, 0.25) is 5.02 Å². The van der Waals surface area contributed by atoms with Gasteiger partial charge in [0.2, 0.25) is 0 Å². The number of alkyl halides is 3. The number of aryl methyl sites for hydroxylation is 1. The van der Waals surface area contributed by atoms with E-state index in [0.717, 1.165) is 17.7 Å². The number of aromatic nitrogens is 1. The zero-order chi connectivity index (χ0) is 24.2. The summed E-state index contributed by atoms with van der Waals surface area (Å²) in [6, 6.07) is 12.5. The lowest BCUT2D eigenvalue weighted by atomic mass is 10.1. The maximum atomic E-state index is 12.7. The van der Waals surface area contributed by atoms with E-state index in [4.69, 9.17) is 16.3 Å². The van der Waals surface area contributed by atoms with Crippen LogP contribution in [0.15, 0.2) is 63.9 Å². The summed E-state index contributed by atoms with van der Waals surface area (Å²) in [5, 5.41) is 10.9. The van der Waals surface area contributed by atoms with Gasteiger partial charge in [-0.15, -0.1) is 13.2 Å². The number of hydrogen-bond acceptors (Lipinski definition) is 5. The predicted octanol–water partition coefficient (Wildman–Crippen LogP) is 4.35. The van der Waals surface area contributed by atoms with Crippen LogP contribution < -0.4 is 20.1 Å². The number of carbonyl (C=O) groups excluding carboxylic acids is 1. The quantitative estimate of drug-likeness (QED) is 0.421. The number of carboxylic acid groups (broad SMARTS) is 1. The van der Waals surface area contributed by atoms with Gasteiger partial charge in [-0.3, -0.25) is 4.79 Å². The number of nitrogens with zero attached hydrogens (tertiary/aromatic N) is 1. The molecular formula is C22H15BrClF3NO5-. The molecule has 11 heteroatoms. The van der Waals surface area contributed by atoms with Crippen LogP contribution in [0.3, 0.4) is 0 Å². The van der Waals surface area contributed by atoms with E-state index in [2.05, 4.69) is 20.7 Å². The van der Waals surface area contributed by atoms with Crippen LogP contribution in [0, 0.1) is 0 Å². The van der Waals surface area contributed by atoms with Gasteiger partial charge in [0.05, 0.1) is 11.7 Å². The molecule has 33 heavy (non-hydrogen) atoms. The summed E-state index contributed by atoms with van der Waals surface area (Å²) < 4.78 is 48.7. The number of pyridine rings is 1. The maximum absolute atomic E-state index is 12.7. The number of benzene rings is 2. The fraction of sp³-hybridized carbons (Fsp3) is 0.182. The third kappa shape index (κ3) is 6.75. The van der Waals surface area contributed by atoms with E-state index >= 15 is 0 Å². The summed E-state index contributed by atoms with van der Waals surface area (Å²) in [6.07, 6.45) is -4.46. The third-order valence-corrected chi connectivity index (χ3v) is 5.49. The zero-order valence-electron chi connectivity index (χ0n) is 16.7. The normalized spacial score (nSPS) is 11.3. The maximum Gasteiger partial charge on any atom is 0.573 e. The Labute approximate surface area is 199 Å². The van der Waals surface area contributed by atoms with E-state index in [9.17, 15) is 27.9 Å². The predicted molar refractivity (Wildman–Crippen MR) is 115 cm³/mol. The molecule has 0 fully saturated rings. The molecule has 0 aliphatic rings. The summed E-state index contributed by atoms with van der Waals surface area (Å²) >= 11 is 9.37. The SMILES string of the molecule is O=C([O-])c1ccc(CCn2c(COc3cccc(OC(F)(F)F)c3)c(Br)cc(Cl)c2=O)cc1. The van der Waals surface area contributed by atoms with Crippen LogP contribution in [0.5, 0.6) is 11.5 Å². The molecule has 0 aliphatic heterocycles. The lowest BCUT2D eigenvalue weighted by Crippen LogP contribution is -2.26. The molecule has 0 amide bonds. The van der Waals surface area contributed by atoms with Crippen molar-refractivity contribution < 1.29 is 32.5 Å². The molecular weight excluding hydrogens is 531 g/mol. The molecule has 1 aromatic heterocycles. The van der Waals surface area contributed by atoms with Crippen molar-refractivity contribution in [3.05, 3.63) is 91.3 Å². The van der Waals surface area contributed by atoms with E-state index in [1.807, 2.05) is 0 Å². The highest BCUT2D eigenvalue weighted by Gasteiger charge is 2.31. The summed E-state index contributed by atoms with van der Waals surface area (Å²) in [5.74, 6) is -1.62. The Morgan fingerprint density at radius 1 is 1.09 bits per heavy atom. The summed E-state index contributed by atoms with van der Waals surface area (Å²) in [4.78, 5) is 23.5. The van der Waals surface area contributed by atoms with E-state index in [1.165, 1.54) is 34.9 Å². The van der Waals surface area contributed by atoms with E-state index < -0.39 is 23.6 Å². The molecule has 0 spiro atoms. The fourth-order valence-corrected chi connectivity index (χ4v) is 3.88. The van der Waals surface area contributed by atoms with Crippen molar-refractivity contribution in [3.63, 3.8) is 0 Å². The van der Waals surface area contributed by atoms with Gasteiger partial charge in [-0.05, 0) is 51.7 Å².